The quantitative estimate of drug-likeness (QED) is 0.264. The van der Waals surface area contributed by atoms with Crippen LogP contribution in [0.1, 0.15) is 12.8 Å². The second-order valence-corrected chi connectivity index (χ2v) is 1.68. The van der Waals surface area contributed by atoms with Crippen molar-refractivity contribution in [3.63, 3.8) is 0 Å². The Bertz CT molecular complexity index is 127. The first-order valence-corrected chi connectivity index (χ1v) is 2.52. The zero-order valence-electron chi connectivity index (χ0n) is 5.03. The van der Waals surface area contributed by atoms with E-state index in [-0.39, 0.29) is 29.6 Å². The van der Waals surface area contributed by atoms with Gasteiger partial charge in [0, 0.05) is 6.42 Å². The topological polar surface area (TPSA) is 55.1 Å². The molecular weight excluding hydrogens is 172 g/mol. The molecule has 62 valence electrons. The molecule has 0 aliphatic carbocycles. The average Bonchev–Trinajstić information content (AvgIpc) is 1.81. The van der Waals surface area contributed by atoms with Gasteiger partial charge in [0.1, 0.15) is 0 Å². The van der Waals surface area contributed by atoms with Gasteiger partial charge in [-0.25, -0.2) is 5.84 Å². The minimum atomic E-state index is -4.29. The van der Waals surface area contributed by atoms with Crippen molar-refractivity contribution in [2.75, 3.05) is 0 Å². The van der Waals surface area contributed by atoms with E-state index in [0.29, 0.717) is 0 Å². The third-order valence-electron chi connectivity index (χ3n) is 0.797. The van der Waals surface area contributed by atoms with Crippen LogP contribution in [0.25, 0.3) is 0 Å². The number of hydrogen-bond acceptors (Lipinski definition) is 2. The molecule has 3 N–H and O–H groups in total. The molecule has 0 fully saturated rings. The summed E-state index contributed by atoms with van der Waals surface area (Å²) in [5.74, 6) is 3.73. The third-order valence-corrected chi connectivity index (χ3v) is 0.797. The van der Waals surface area contributed by atoms with Gasteiger partial charge in [-0.3, -0.25) is 10.2 Å². The fourth-order valence-corrected chi connectivity index (χ4v) is 0.327. The summed E-state index contributed by atoms with van der Waals surface area (Å²) < 4.78 is 34.0. The van der Waals surface area contributed by atoms with E-state index in [1.165, 1.54) is 0 Å². The molecule has 0 spiro atoms. The number of alkyl halides is 3. The van der Waals surface area contributed by atoms with Crippen LogP contribution in [0.4, 0.5) is 13.2 Å². The van der Waals surface area contributed by atoms with E-state index in [1.54, 1.807) is 5.43 Å². The standard InChI is InChI=1S/C4H7F3N2O.Na.H/c5-4(6,7)2-1-3(10)9-8;;/h1-2,8H2,(H,9,10);;. The zero-order valence-corrected chi connectivity index (χ0v) is 5.03. The van der Waals surface area contributed by atoms with E-state index in [1.807, 2.05) is 0 Å². The van der Waals surface area contributed by atoms with Gasteiger partial charge in [-0.15, -0.1) is 0 Å². The number of nitrogens with one attached hydrogen (secondary N) is 1. The summed E-state index contributed by atoms with van der Waals surface area (Å²) in [6.45, 7) is 0. The Morgan fingerprint density at radius 2 is 1.91 bits per heavy atom. The number of rotatable bonds is 2. The molecule has 0 aromatic carbocycles. The van der Waals surface area contributed by atoms with Crippen LogP contribution in [-0.2, 0) is 4.79 Å². The molecule has 0 saturated carbocycles. The second-order valence-electron chi connectivity index (χ2n) is 1.68. The van der Waals surface area contributed by atoms with Gasteiger partial charge in [-0.1, -0.05) is 0 Å². The van der Waals surface area contributed by atoms with Crippen LogP contribution in [0.15, 0.2) is 0 Å². The maximum absolute atomic E-state index is 11.3. The Hall–Kier alpha value is 0.220. The fourth-order valence-electron chi connectivity index (χ4n) is 0.327. The number of hydrazine groups is 1. The average molecular weight is 180 g/mol. The fraction of sp³-hybridized carbons (Fsp3) is 0.750. The first-order valence-electron chi connectivity index (χ1n) is 2.52. The Balaban J connectivity index is 0. The molecule has 0 aliphatic rings. The van der Waals surface area contributed by atoms with Crippen LogP contribution in [0, 0.1) is 0 Å². The van der Waals surface area contributed by atoms with Crippen LogP contribution >= 0.6 is 0 Å². The van der Waals surface area contributed by atoms with Gasteiger partial charge in [-0.2, -0.15) is 13.2 Å². The first-order chi connectivity index (χ1) is 4.45. The molecule has 0 atom stereocenters. The number of carbonyl (C=O) groups is 1. The summed E-state index contributed by atoms with van der Waals surface area (Å²) in [5, 5.41) is 0. The van der Waals surface area contributed by atoms with Crippen molar-refractivity contribution in [1.82, 2.24) is 5.43 Å². The van der Waals surface area contributed by atoms with Crippen LogP contribution in [-0.4, -0.2) is 41.6 Å². The first kappa shape index (κ1) is 13.8. The molecule has 0 bridgehead atoms. The Morgan fingerprint density at radius 1 is 1.45 bits per heavy atom. The summed E-state index contributed by atoms with van der Waals surface area (Å²) in [5.41, 5.74) is 1.60. The Kier molecular flexibility index (Phi) is 7.29. The molecule has 0 radical (unpaired) electrons. The molecule has 0 aliphatic heterocycles. The molecule has 0 rings (SSSR count). The van der Waals surface area contributed by atoms with Gasteiger partial charge in [0.05, 0.1) is 6.42 Å². The third kappa shape index (κ3) is 10.2. The number of amides is 1. The molecule has 0 aromatic rings. The second kappa shape index (κ2) is 5.82. The summed E-state index contributed by atoms with van der Waals surface area (Å²) in [7, 11) is 0. The van der Waals surface area contributed by atoms with E-state index in [9.17, 15) is 18.0 Å². The van der Waals surface area contributed by atoms with Gasteiger partial charge in [0.2, 0.25) is 5.91 Å². The van der Waals surface area contributed by atoms with E-state index in [0.717, 1.165) is 0 Å². The van der Waals surface area contributed by atoms with Crippen molar-refractivity contribution < 1.29 is 18.0 Å². The normalized spacial score (nSPS) is 10.2. The van der Waals surface area contributed by atoms with E-state index in [4.69, 9.17) is 0 Å². The summed E-state index contributed by atoms with van der Waals surface area (Å²) >= 11 is 0. The van der Waals surface area contributed by atoms with Crippen LogP contribution < -0.4 is 11.3 Å². The van der Waals surface area contributed by atoms with Crippen LogP contribution in [0.2, 0.25) is 0 Å². The number of hydrogen-bond donors (Lipinski definition) is 2. The summed E-state index contributed by atoms with van der Waals surface area (Å²) in [4.78, 5) is 10.1. The van der Waals surface area contributed by atoms with Gasteiger partial charge < -0.3 is 0 Å². The molecule has 3 nitrogen and oxygen atoms in total. The predicted octanol–water partition coefficient (Wildman–Crippen LogP) is -0.330. The van der Waals surface area contributed by atoms with Gasteiger partial charge in [0.25, 0.3) is 0 Å². The molecule has 0 aromatic heterocycles. The van der Waals surface area contributed by atoms with Crippen molar-refractivity contribution in [2.45, 2.75) is 19.0 Å². The summed E-state index contributed by atoms with van der Waals surface area (Å²) in [6.07, 6.45) is -6.03. The molecule has 11 heavy (non-hydrogen) atoms. The zero-order chi connectivity index (χ0) is 8.20. The van der Waals surface area contributed by atoms with Crippen molar-refractivity contribution in [3.05, 3.63) is 0 Å². The van der Waals surface area contributed by atoms with Crippen molar-refractivity contribution in [2.24, 2.45) is 5.84 Å². The summed E-state index contributed by atoms with van der Waals surface area (Å²) in [6, 6.07) is 0. The van der Waals surface area contributed by atoms with Crippen molar-refractivity contribution in [1.29, 1.82) is 0 Å². The van der Waals surface area contributed by atoms with Crippen LogP contribution in [0.5, 0.6) is 0 Å². The van der Waals surface area contributed by atoms with Crippen LogP contribution in [0.3, 0.4) is 0 Å². The van der Waals surface area contributed by atoms with E-state index >= 15 is 0 Å². The maximum atomic E-state index is 11.3. The monoisotopic (exact) mass is 180 g/mol. The van der Waals surface area contributed by atoms with Gasteiger partial charge in [0.15, 0.2) is 0 Å². The predicted molar refractivity (Wildman–Crippen MR) is 34.8 cm³/mol. The Labute approximate surface area is 83.8 Å². The number of carbonyl (C=O) groups excluding carboxylic acids is 1. The van der Waals surface area contributed by atoms with Gasteiger partial charge >= 0.3 is 35.7 Å². The number of halogens is 3. The minimum absolute atomic E-state index is 0. The van der Waals surface area contributed by atoms with Gasteiger partial charge in [-0.05, 0) is 0 Å². The molecule has 0 saturated heterocycles. The SMILES string of the molecule is NNC(=O)CCC(F)(F)F.[NaH]. The molecule has 7 heteroatoms. The Morgan fingerprint density at radius 3 is 2.18 bits per heavy atom. The number of nitrogens with two attached hydrogens (primary N) is 1. The van der Waals surface area contributed by atoms with Crippen molar-refractivity contribution >= 4 is 35.5 Å². The molecule has 0 heterocycles. The van der Waals surface area contributed by atoms with E-state index in [2.05, 4.69) is 5.84 Å². The molecular formula is C4H8F3N2NaO. The van der Waals surface area contributed by atoms with E-state index < -0.39 is 24.9 Å². The van der Waals surface area contributed by atoms with Crippen molar-refractivity contribution in [3.8, 4) is 0 Å². The molecule has 0 unspecified atom stereocenters. The molecule has 1 amide bonds.